The van der Waals surface area contributed by atoms with Crippen LogP contribution < -0.4 is 10.1 Å². The van der Waals surface area contributed by atoms with E-state index in [1.165, 1.54) is 0 Å². The summed E-state index contributed by atoms with van der Waals surface area (Å²) >= 11 is 6.16. The Balaban J connectivity index is 1.90. The fraction of sp³-hybridized carbons (Fsp3) is 0.0909. The third-order valence-corrected chi connectivity index (χ3v) is 3.95. The van der Waals surface area contributed by atoms with Gasteiger partial charge in [0, 0.05) is 16.3 Å². The minimum atomic E-state index is -0.174. The summed E-state index contributed by atoms with van der Waals surface area (Å²) in [5, 5.41) is 4.15. The highest BCUT2D eigenvalue weighted by Crippen LogP contribution is 2.23. The van der Waals surface area contributed by atoms with Gasteiger partial charge in [-0.2, -0.15) is 0 Å². The highest BCUT2D eigenvalue weighted by atomic mass is 35.5. The number of benzene rings is 3. The van der Waals surface area contributed by atoms with Crippen LogP contribution in [0.5, 0.6) is 5.75 Å². The summed E-state index contributed by atoms with van der Waals surface area (Å²) in [4.78, 5) is 0. The predicted molar refractivity (Wildman–Crippen MR) is 104 cm³/mol. The van der Waals surface area contributed by atoms with Gasteiger partial charge in [0.2, 0.25) is 0 Å². The molecule has 124 valence electrons. The Morgan fingerprint density at radius 1 is 0.920 bits per heavy atom. The third kappa shape index (κ3) is 4.79. The quantitative estimate of drug-likeness (QED) is 0.624. The van der Waals surface area contributed by atoms with Crippen molar-refractivity contribution >= 4 is 17.3 Å². The van der Waals surface area contributed by atoms with Crippen molar-refractivity contribution in [3.63, 3.8) is 0 Å². The molecule has 0 saturated heterocycles. The molecule has 0 fully saturated rings. The summed E-state index contributed by atoms with van der Waals surface area (Å²) in [5.41, 5.74) is 2.96. The molecule has 0 heterocycles. The molecule has 0 aliphatic carbocycles. The van der Waals surface area contributed by atoms with E-state index >= 15 is 0 Å². The number of hydrogen-bond donors (Lipinski definition) is 1. The van der Waals surface area contributed by atoms with Gasteiger partial charge in [-0.3, -0.25) is 0 Å². The second-order valence-electron chi connectivity index (χ2n) is 5.50. The van der Waals surface area contributed by atoms with Gasteiger partial charge in [0.05, 0.1) is 7.11 Å². The number of methoxy groups -OCH3 is 1. The normalized spacial score (nSPS) is 11.1. The van der Waals surface area contributed by atoms with Crippen LogP contribution in [0.2, 0.25) is 5.02 Å². The van der Waals surface area contributed by atoms with Crippen molar-refractivity contribution in [2.24, 2.45) is 0 Å². The van der Waals surface area contributed by atoms with E-state index in [2.05, 4.69) is 17.2 Å². The number of halogens is 1. The van der Waals surface area contributed by atoms with E-state index < -0.39 is 0 Å². The van der Waals surface area contributed by atoms with Crippen LogP contribution in [0.15, 0.2) is 78.9 Å². The summed E-state index contributed by atoms with van der Waals surface area (Å²) in [5.74, 6) is 7.35. The molecule has 3 aromatic carbocycles. The first kappa shape index (κ1) is 17.0. The molecule has 0 aliphatic heterocycles. The average molecular weight is 348 g/mol. The van der Waals surface area contributed by atoms with Crippen LogP contribution in [0.4, 0.5) is 5.69 Å². The first-order valence-electron chi connectivity index (χ1n) is 7.97. The van der Waals surface area contributed by atoms with Crippen molar-refractivity contribution in [3.8, 4) is 17.6 Å². The lowest BCUT2D eigenvalue weighted by molar-refractivity contribution is 0.415. The molecule has 3 aromatic rings. The molecular weight excluding hydrogens is 330 g/mol. The molecule has 2 nitrogen and oxygen atoms in total. The zero-order valence-electron chi connectivity index (χ0n) is 13.9. The van der Waals surface area contributed by atoms with Gasteiger partial charge in [-0.1, -0.05) is 53.8 Å². The molecular formula is C22H18ClNO. The molecule has 0 unspecified atom stereocenters. The molecule has 1 N–H and O–H groups in total. The van der Waals surface area contributed by atoms with E-state index in [0.29, 0.717) is 5.02 Å². The largest absolute Gasteiger partial charge is 0.497 e. The maximum atomic E-state index is 6.16. The fourth-order valence-corrected chi connectivity index (χ4v) is 2.62. The fourth-order valence-electron chi connectivity index (χ4n) is 2.42. The molecule has 0 radical (unpaired) electrons. The molecule has 0 spiro atoms. The van der Waals surface area contributed by atoms with Gasteiger partial charge in [0.1, 0.15) is 11.8 Å². The van der Waals surface area contributed by atoms with E-state index in [1.807, 2.05) is 78.9 Å². The Hall–Kier alpha value is -2.89. The van der Waals surface area contributed by atoms with Crippen LogP contribution in [0.25, 0.3) is 0 Å². The molecule has 0 aromatic heterocycles. The SMILES string of the molecule is COc1ccc(N[C@@H](C#Cc2ccccc2)c2cccc(Cl)c2)cc1. The molecule has 0 saturated carbocycles. The van der Waals surface area contributed by atoms with Gasteiger partial charge < -0.3 is 10.1 Å². The summed E-state index contributed by atoms with van der Waals surface area (Å²) in [6, 6.07) is 25.3. The zero-order valence-corrected chi connectivity index (χ0v) is 14.6. The van der Waals surface area contributed by atoms with E-state index in [4.69, 9.17) is 16.3 Å². The predicted octanol–water partition coefficient (Wildman–Crippen LogP) is 5.55. The van der Waals surface area contributed by atoms with Crippen LogP contribution in [0.3, 0.4) is 0 Å². The lowest BCUT2D eigenvalue weighted by Crippen LogP contribution is -2.08. The third-order valence-electron chi connectivity index (χ3n) is 3.72. The highest BCUT2D eigenvalue weighted by molar-refractivity contribution is 6.30. The van der Waals surface area contributed by atoms with E-state index in [1.54, 1.807) is 7.11 Å². The summed E-state index contributed by atoms with van der Waals surface area (Å²) in [6.07, 6.45) is 0. The monoisotopic (exact) mass is 347 g/mol. The molecule has 3 rings (SSSR count). The van der Waals surface area contributed by atoms with Crippen LogP contribution in [-0.4, -0.2) is 7.11 Å². The molecule has 1 atom stereocenters. The summed E-state index contributed by atoms with van der Waals surface area (Å²) in [7, 11) is 1.66. The summed E-state index contributed by atoms with van der Waals surface area (Å²) in [6.45, 7) is 0. The van der Waals surface area contributed by atoms with Crippen molar-refractivity contribution in [1.29, 1.82) is 0 Å². The van der Waals surface area contributed by atoms with Gasteiger partial charge in [-0.25, -0.2) is 0 Å². The van der Waals surface area contributed by atoms with Crippen LogP contribution >= 0.6 is 11.6 Å². The number of ether oxygens (including phenoxy) is 1. The zero-order chi connectivity index (χ0) is 17.5. The Morgan fingerprint density at radius 2 is 1.68 bits per heavy atom. The van der Waals surface area contributed by atoms with E-state index in [-0.39, 0.29) is 6.04 Å². The first-order valence-corrected chi connectivity index (χ1v) is 8.35. The number of anilines is 1. The van der Waals surface area contributed by atoms with Crippen molar-refractivity contribution < 1.29 is 4.74 Å². The van der Waals surface area contributed by atoms with Crippen LogP contribution in [-0.2, 0) is 0 Å². The van der Waals surface area contributed by atoms with E-state index in [0.717, 1.165) is 22.6 Å². The number of hydrogen-bond acceptors (Lipinski definition) is 2. The minimum Gasteiger partial charge on any atom is -0.497 e. The molecule has 0 aliphatic rings. The molecule has 25 heavy (non-hydrogen) atoms. The van der Waals surface area contributed by atoms with E-state index in [9.17, 15) is 0 Å². The molecule has 0 bridgehead atoms. The van der Waals surface area contributed by atoms with Gasteiger partial charge >= 0.3 is 0 Å². The topological polar surface area (TPSA) is 21.3 Å². The Kier molecular flexibility index (Phi) is 5.61. The maximum absolute atomic E-state index is 6.16. The maximum Gasteiger partial charge on any atom is 0.119 e. The van der Waals surface area contributed by atoms with Gasteiger partial charge in [0.25, 0.3) is 0 Å². The van der Waals surface area contributed by atoms with Crippen molar-refractivity contribution in [2.75, 3.05) is 12.4 Å². The second-order valence-corrected chi connectivity index (χ2v) is 5.93. The van der Waals surface area contributed by atoms with Crippen molar-refractivity contribution in [2.45, 2.75) is 6.04 Å². The standard InChI is InChI=1S/C22H18ClNO/c1-25-21-13-11-20(12-14-21)24-22(18-8-5-9-19(23)16-18)15-10-17-6-3-2-4-7-17/h2-9,11-14,16,22,24H,1H3/t22-/m0/s1. The average Bonchev–Trinajstić information content (AvgIpc) is 2.66. The Morgan fingerprint density at radius 3 is 2.36 bits per heavy atom. The van der Waals surface area contributed by atoms with Crippen molar-refractivity contribution in [3.05, 3.63) is 95.0 Å². The molecule has 3 heteroatoms. The lowest BCUT2D eigenvalue weighted by Gasteiger charge is -2.15. The summed E-state index contributed by atoms with van der Waals surface area (Å²) < 4.78 is 5.21. The number of rotatable bonds is 4. The van der Waals surface area contributed by atoms with Gasteiger partial charge in [-0.15, -0.1) is 0 Å². The smallest absolute Gasteiger partial charge is 0.119 e. The van der Waals surface area contributed by atoms with Crippen molar-refractivity contribution in [1.82, 2.24) is 0 Å². The second kappa shape index (κ2) is 8.28. The van der Waals surface area contributed by atoms with Gasteiger partial charge in [0.15, 0.2) is 0 Å². The van der Waals surface area contributed by atoms with Crippen LogP contribution in [0, 0.1) is 11.8 Å². The van der Waals surface area contributed by atoms with Gasteiger partial charge in [-0.05, 0) is 54.1 Å². The Bertz CT molecular complexity index is 879. The lowest BCUT2D eigenvalue weighted by atomic mass is 10.1. The Labute approximate surface area is 153 Å². The first-order chi connectivity index (χ1) is 12.2. The minimum absolute atomic E-state index is 0.174. The van der Waals surface area contributed by atoms with Crippen LogP contribution in [0.1, 0.15) is 17.2 Å². The highest BCUT2D eigenvalue weighted by Gasteiger charge is 2.09. The number of nitrogens with one attached hydrogen (secondary N) is 1. The molecule has 0 amide bonds.